The number of nitrogen functional groups attached to an aromatic ring is 1. The van der Waals surface area contributed by atoms with Gasteiger partial charge in [-0.25, -0.2) is 9.97 Å². The van der Waals surface area contributed by atoms with Crippen LogP contribution in [0, 0.1) is 32.1 Å². The lowest BCUT2D eigenvalue weighted by Crippen LogP contribution is -2.18. The molecule has 0 aliphatic rings. The van der Waals surface area contributed by atoms with E-state index < -0.39 is 0 Å². The molecule has 0 unspecified atom stereocenters. The standard InChI is InChI=1S/C21H22N6OS/c1-13-9-18(23)25-21(24-13)29-12-19(28)26-20-17(10-22)14(2)15(3)27(20)11-16-7-5-4-6-8-16/h4-9H,11-12H2,1-3H3,(H,26,28)(H2,23,24,25). The molecule has 2 heterocycles. The summed E-state index contributed by atoms with van der Waals surface area (Å²) in [6.07, 6.45) is 0. The van der Waals surface area contributed by atoms with Crippen molar-refractivity contribution >= 4 is 29.3 Å². The molecule has 0 bridgehead atoms. The van der Waals surface area contributed by atoms with Crippen LogP contribution in [-0.4, -0.2) is 26.2 Å². The van der Waals surface area contributed by atoms with Crippen LogP contribution in [0.3, 0.4) is 0 Å². The first-order chi connectivity index (χ1) is 13.9. The number of thioether (sulfide) groups is 1. The molecule has 8 heteroatoms. The van der Waals surface area contributed by atoms with Crippen molar-refractivity contribution in [2.45, 2.75) is 32.5 Å². The fourth-order valence-corrected chi connectivity index (χ4v) is 3.73. The molecule has 0 radical (unpaired) electrons. The van der Waals surface area contributed by atoms with Gasteiger partial charge < -0.3 is 15.6 Å². The molecule has 0 saturated heterocycles. The molecule has 1 amide bonds. The highest BCUT2D eigenvalue weighted by molar-refractivity contribution is 7.99. The Kier molecular flexibility index (Phi) is 6.20. The molecule has 0 fully saturated rings. The van der Waals surface area contributed by atoms with Crippen LogP contribution in [0.2, 0.25) is 0 Å². The van der Waals surface area contributed by atoms with Crippen LogP contribution >= 0.6 is 11.8 Å². The van der Waals surface area contributed by atoms with Crippen LogP contribution in [0.4, 0.5) is 11.6 Å². The second-order valence-electron chi connectivity index (χ2n) is 6.67. The van der Waals surface area contributed by atoms with Gasteiger partial charge >= 0.3 is 0 Å². The molecule has 0 atom stereocenters. The van der Waals surface area contributed by atoms with E-state index >= 15 is 0 Å². The summed E-state index contributed by atoms with van der Waals surface area (Å²) in [5, 5.41) is 13.0. The minimum atomic E-state index is -0.234. The third-order valence-corrected chi connectivity index (χ3v) is 5.42. The number of carbonyl (C=O) groups excluding carboxylic acids is 1. The van der Waals surface area contributed by atoms with Crippen molar-refractivity contribution in [3.63, 3.8) is 0 Å². The van der Waals surface area contributed by atoms with Gasteiger partial charge in [0, 0.05) is 24.0 Å². The van der Waals surface area contributed by atoms with Crippen molar-refractivity contribution in [2.75, 3.05) is 16.8 Å². The van der Waals surface area contributed by atoms with E-state index in [1.807, 2.05) is 55.7 Å². The molecule has 1 aromatic carbocycles. The Morgan fingerprint density at radius 1 is 1.24 bits per heavy atom. The smallest absolute Gasteiger partial charge is 0.235 e. The molecule has 2 aromatic heterocycles. The number of carbonyl (C=O) groups is 1. The summed E-state index contributed by atoms with van der Waals surface area (Å²) in [6, 6.07) is 13.8. The van der Waals surface area contributed by atoms with Gasteiger partial charge in [-0.1, -0.05) is 42.1 Å². The number of hydrogen-bond acceptors (Lipinski definition) is 6. The van der Waals surface area contributed by atoms with Crippen LogP contribution < -0.4 is 11.1 Å². The summed E-state index contributed by atoms with van der Waals surface area (Å²) in [4.78, 5) is 21.0. The van der Waals surface area contributed by atoms with Crippen molar-refractivity contribution in [3.8, 4) is 6.07 Å². The minimum absolute atomic E-state index is 0.113. The summed E-state index contributed by atoms with van der Waals surface area (Å²) in [5.74, 6) is 0.765. The van der Waals surface area contributed by atoms with Gasteiger partial charge in [0.15, 0.2) is 5.16 Å². The first kappa shape index (κ1) is 20.4. The van der Waals surface area contributed by atoms with E-state index in [0.717, 1.165) is 22.5 Å². The zero-order chi connectivity index (χ0) is 21.0. The van der Waals surface area contributed by atoms with Gasteiger partial charge in [0.05, 0.1) is 11.3 Å². The molecule has 148 valence electrons. The maximum atomic E-state index is 12.6. The number of amides is 1. The van der Waals surface area contributed by atoms with E-state index in [2.05, 4.69) is 21.4 Å². The Hall–Kier alpha value is -3.31. The van der Waals surface area contributed by atoms with Gasteiger partial charge in [0.25, 0.3) is 0 Å². The largest absolute Gasteiger partial charge is 0.384 e. The van der Waals surface area contributed by atoms with Crippen molar-refractivity contribution in [1.29, 1.82) is 5.26 Å². The van der Waals surface area contributed by atoms with Gasteiger partial charge in [0.2, 0.25) is 5.91 Å². The second kappa shape index (κ2) is 8.80. The van der Waals surface area contributed by atoms with Crippen LogP contribution in [0.15, 0.2) is 41.6 Å². The van der Waals surface area contributed by atoms with Gasteiger partial charge in [-0.05, 0) is 31.9 Å². The van der Waals surface area contributed by atoms with Gasteiger partial charge in [-0.2, -0.15) is 5.26 Å². The number of anilines is 2. The van der Waals surface area contributed by atoms with Crippen molar-refractivity contribution in [3.05, 3.63) is 64.5 Å². The maximum absolute atomic E-state index is 12.6. The molecule has 3 N–H and O–H groups in total. The third kappa shape index (κ3) is 4.76. The molecule has 0 spiro atoms. The first-order valence-corrected chi connectivity index (χ1v) is 10.0. The Bertz CT molecular complexity index is 1060. The number of aryl methyl sites for hydroxylation is 1. The second-order valence-corrected chi connectivity index (χ2v) is 7.61. The number of aromatic nitrogens is 3. The summed E-state index contributed by atoms with van der Waals surface area (Å²) in [7, 11) is 0. The molecular formula is C21H22N6OS. The lowest BCUT2D eigenvalue weighted by Gasteiger charge is -2.13. The third-order valence-electron chi connectivity index (χ3n) is 4.57. The Morgan fingerprint density at radius 3 is 2.62 bits per heavy atom. The maximum Gasteiger partial charge on any atom is 0.235 e. The molecule has 7 nitrogen and oxygen atoms in total. The Labute approximate surface area is 174 Å². The predicted octanol–water partition coefficient (Wildman–Crippen LogP) is 3.44. The summed E-state index contributed by atoms with van der Waals surface area (Å²) >= 11 is 1.20. The molecule has 0 saturated carbocycles. The van der Waals surface area contributed by atoms with E-state index in [4.69, 9.17) is 5.73 Å². The molecular weight excluding hydrogens is 384 g/mol. The normalized spacial score (nSPS) is 10.6. The van der Waals surface area contributed by atoms with E-state index in [1.54, 1.807) is 6.07 Å². The number of benzene rings is 1. The molecule has 3 rings (SSSR count). The Balaban J connectivity index is 1.81. The van der Waals surface area contributed by atoms with Crippen LogP contribution in [0.25, 0.3) is 0 Å². The van der Waals surface area contributed by atoms with Crippen LogP contribution in [-0.2, 0) is 11.3 Å². The number of nitrogens with zero attached hydrogens (tertiary/aromatic N) is 4. The highest BCUT2D eigenvalue weighted by Gasteiger charge is 2.20. The average Bonchev–Trinajstić information content (AvgIpc) is 2.90. The summed E-state index contributed by atoms with van der Waals surface area (Å²) < 4.78 is 1.97. The Morgan fingerprint density at radius 2 is 1.97 bits per heavy atom. The van der Waals surface area contributed by atoms with Gasteiger partial charge in [-0.15, -0.1) is 0 Å². The zero-order valence-electron chi connectivity index (χ0n) is 16.6. The van der Waals surface area contributed by atoms with Crippen molar-refractivity contribution in [2.24, 2.45) is 0 Å². The lowest BCUT2D eigenvalue weighted by atomic mass is 10.2. The fourth-order valence-electron chi connectivity index (χ4n) is 3.02. The first-order valence-electron chi connectivity index (χ1n) is 9.06. The SMILES string of the molecule is Cc1cc(N)nc(SCC(=O)Nc2c(C#N)c(C)c(C)n2Cc2ccccc2)n1. The number of rotatable bonds is 6. The van der Waals surface area contributed by atoms with Gasteiger partial charge in [-0.3, -0.25) is 4.79 Å². The molecule has 29 heavy (non-hydrogen) atoms. The number of nitriles is 1. The highest BCUT2D eigenvalue weighted by Crippen LogP contribution is 2.27. The van der Waals surface area contributed by atoms with Crippen molar-refractivity contribution in [1.82, 2.24) is 14.5 Å². The average molecular weight is 407 g/mol. The number of nitrogens with two attached hydrogens (primary N) is 1. The summed E-state index contributed by atoms with van der Waals surface area (Å²) in [5.41, 5.74) is 9.86. The number of hydrogen-bond donors (Lipinski definition) is 2. The molecule has 0 aliphatic carbocycles. The van der Waals surface area contributed by atoms with E-state index in [9.17, 15) is 10.1 Å². The van der Waals surface area contributed by atoms with Crippen LogP contribution in [0.1, 0.15) is 28.1 Å². The van der Waals surface area contributed by atoms with E-state index in [0.29, 0.717) is 28.9 Å². The fraction of sp³-hybridized carbons (Fsp3) is 0.238. The van der Waals surface area contributed by atoms with E-state index in [-0.39, 0.29) is 11.7 Å². The summed E-state index contributed by atoms with van der Waals surface area (Å²) in [6.45, 7) is 6.23. The van der Waals surface area contributed by atoms with Crippen molar-refractivity contribution < 1.29 is 4.79 Å². The topological polar surface area (TPSA) is 110 Å². The lowest BCUT2D eigenvalue weighted by molar-refractivity contribution is -0.113. The quantitative estimate of drug-likeness (QED) is 0.479. The molecule has 3 aromatic rings. The van der Waals surface area contributed by atoms with Crippen LogP contribution in [0.5, 0.6) is 0 Å². The minimum Gasteiger partial charge on any atom is -0.384 e. The highest BCUT2D eigenvalue weighted by atomic mass is 32.2. The van der Waals surface area contributed by atoms with Gasteiger partial charge in [0.1, 0.15) is 17.7 Å². The van der Waals surface area contributed by atoms with E-state index in [1.165, 1.54) is 11.8 Å². The monoisotopic (exact) mass is 406 g/mol. The predicted molar refractivity (Wildman–Crippen MR) is 115 cm³/mol. The zero-order valence-corrected chi connectivity index (χ0v) is 17.4. The molecule has 0 aliphatic heterocycles. The number of nitrogens with one attached hydrogen (secondary N) is 1.